The van der Waals surface area contributed by atoms with Crippen molar-refractivity contribution in [2.75, 3.05) is 0 Å². The van der Waals surface area contributed by atoms with Gasteiger partial charge in [0.2, 0.25) is 0 Å². The maximum absolute atomic E-state index is 4.12. The van der Waals surface area contributed by atoms with Crippen LogP contribution < -0.4 is 0 Å². The van der Waals surface area contributed by atoms with Crippen molar-refractivity contribution in [1.82, 2.24) is 0 Å². The first-order valence-corrected chi connectivity index (χ1v) is 4.72. The van der Waals surface area contributed by atoms with E-state index in [1.807, 2.05) is 13.0 Å². The molecular weight excluding hydrogens is 159 g/mol. The van der Waals surface area contributed by atoms with E-state index in [0.29, 0.717) is 15.0 Å². The predicted molar refractivity (Wildman–Crippen MR) is 34.4 cm³/mol. The topological polar surface area (TPSA) is 0 Å². The van der Waals surface area contributed by atoms with E-state index < -0.39 is 0 Å². The minimum absolute atomic E-state index is 0.609. The molecule has 0 aliphatic heterocycles. The molecule has 0 nitrogen and oxygen atoms in total. The summed E-state index contributed by atoms with van der Waals surface area (Å²) < 4.78 is 1.22. The van der Waals surface area contributed by atoms with Crippen molar-refractivity contribution < 1.29 is 0 Å². The summed E-state index contributed by atoms with van der Waals surface area (Å²) in [5, 5.41) is 0. The third-order valence-electron chi connectivity index (χ3n) is 0.456. The van der Waals surface area contributed by atoms with Crippen LogP contribution in [-0.2, 0) is 0 Å². The molecule has 0 saturated heterocycles. The Balaban J connectivity index is 3.22. The zero-order valence-electron chi connectivity index (χ0n) is 3.93. The van der Waals surface area contributed by atoms with Crippen LogP contribution in [0.4, 0.5) is 0 Å². The fourth-order valence-corrected chi connectivity index (χ4v) is 0.612. The van der Waals surface area contributed by atoms with E-state index in [9.17, 15) is 0 Å². The summed E-state index contributed by atoms with van der Waals surface area (Å²) in [6.07, 6.45) is 2.03. The van der Waals surface area contributed by atoms with Crippen LogP contribution in [0.25, 0.3) is 0 Å². The van der Waals surface area contributed by atoms with E-state index in [4.69, 9.17) is 0 Å². The normalized spacial score (nSPS) is 12.2. The average Bonchev–Trinajstić information content (AvgIpc) is 1.65. The molecule has 0 atom stereocenters. The van der Waals surface area contributed by atoms with E-state index in [2.05, 4.69) is 18.5 Å². The van der Waals surface area contributed by atoms with Crippen LogP contribution in [0.15, 0.2) is 9.88 Å². The second-order valence-corrected chi connectivity index (χ2v) is 3.77. The van der Waals surface area contributed by atoms with Gasteiger partial charge in [-0.05, 0) is 0 Å². The van der Waals surface area contributed by atoms with Gasteiger partial charge in [0.25, 0.3) is 0 Å². The molecule has 6 heavy (non-hydrogen) atoms. The summed E-state index contributed by atoms with van der Waals surface area (Å²) in [4.78, 5) is 0. The van der Waals surface area contributed by atoms with Gasteiger partial charge in [0, 0.05) is 0 Å². The van der Waals surface area contributed by atoms with Gasteiger partial charge in [0.05, 0.1) is 0 Å². The predicted octanol–water partition coefficient (Wildman–Crippen LogP) is 1.53. The molecular formula is C4H8SSe. The van der Waals surface area contributed by atoms with Gasteiger partial charge < -0.3 is 0 Å². The summed E-state index contributed by atoms with van der Waals surface area (Å²) in [6, 6.07) is 0. The third-order valence-corrected chi connectivity index (χ3v) is 3.04. The quantitative estimate of drug-likeness (QED) is 0.444. The van der Waals surface area contributed by atoms with Crippen LogP contribution in [-0.4, -0.2) is 15.0 Å². The van der Waals surface area contributed by atoms with Crippen LogP contribution in [0.1, 0.15) is 6.92 Å². The van der Waals surface area contributed by atoms with Gasteiger partial charge in [0.15, 0.2) is 0 Å². The Morgan fingerprint density at radius 2 is 2.33 bits per heavy atom. The molecule has 0 heterocycles. The van der Waals surface area contributed by atoms with E-state index in [1.54, 1.807) is 0 Å². The molecule has 0 aromatic heterocycles. The average molecular weight is 167 g/mol. The van der Waals surface area contributed by atoms with Crippen LogP contribution in [0.5, 0.6) is 0 Å². The Morgan fingerprint density at radius 1 is 1.83 bits per heavy atom. The molecule has 0 aromatic carbocycles. The molecule has 0 aliphatic carbocycles. The van der Waals surface area contributed by atoms with Gasteiger partial charge in [-0.25, -0.2) is 0 Å². The van der Waals surface area contributed by atoms with Crippen molar-refractivity contribution in [1.29, 1.82) is 0 Å². The number of hydrogen-bond donors (Lipinski definition) is 1. The standard InChI is InChI=1S/C4H8SSe/c1-3-4(5)6-2/h3,5H,1-2H3/b4-3+. The van der Waals surface area contributed by atoms with Gasteiger partial charge in [0.1, 0.15) is 0 Å². The van der Waals surface area contributed by atoms with Crippen LogP contribution in [0.2, 0.25) is 5.82 Å². The van der Waals surface area contributed by atoms with E-state index in [1.165, 1.54) is 3.80 Å². The zero-order chi connectivity index (χ0) is 4.99. The molecule has 2 heteroatoms. The van der Waals surface area contributed by atoms with E-state index in [0.717, 1.165) is 0 Å². The first kappa shape index (κ1) is 6.61. The van der Waals surface area contributed by atoms with Gasteiger partial charge in [-0.2, -0.15) is 0 Å². The number of rotatable bonds is 1. The van der Waals surface area contributed by atoms with E-state index >= 15 is 0 Å². The summed E-state index contributed by atoms with van der Waals surface area (Å²) in [6.45, 7) is 2.01. The third kappa shape index (κ3) is 2.83. The molecule has 0 spiro atoms. The molecule has 0 fully saturated rings. The fraction of sp³-hybridized carbons (Fsp3) is 0.500. The molecule has 0 saturated carbocycles. The molecule has 0 rings (SSSR count). The van der Waals surface area contributed by atoms with Crippen molar-refractivity contribution in [2.24, 2.45) is 0 Å². The van der Waals surface area contributed by atoms with Crippen molar-refractivity contribution in [3.8, 4) is 0 Å². The van der Waals surface area contributed by atoms with Crippen molar-refractivity contribution in [2.45, 2.75) is 12.7 Å². The van der Waals surface area contributed by atoms with Crippen LogP contribution >= 0.6 is 12.6 Å². The van der Waals surface area contributed by atoms with Crippen molar-refractivity contribution in [3.05, 3.63) is 9.88 Å². The van der Waals surface area contributed by atoms with Gasteiger partial charge in [-0.3, -0.25) is 0 Å². The Kier molecular flexibility index (Phi) is 4.17. The van der Waals surface area contributed by atoms with Crippen LogP contribution in [0, 0.1) is 0 Å². The summed E-state index contributed by atoms with van der Waals surface area (Å²) >= 11 is 4.73. The Hall–Kier alpha value is 0.609. The first-order chi connectivity index (χ1) is 2.81. The minimum atomic E-state index is 0.609. The summed E-state index contributed by atoms with van der Waals surface area (Å²) in [7, 11) is 0. The second-order valence-electron chi connectivity index (χ2n) is 0.831. The fourth-order valence-electron chi connectivity index (χ4n) is 0.118. The Labute approximate surface area is 50.6 Å². The van der Waals surface area contributed by atoms with Crippen molar-refractivity contribution in [3.63, 3.8) is 0 Å². The van der Waals surface area contributed by atoms with Crippen molar-refractivity contribution >= 4 is 27.6 Å². The Bertz CT molecular complexity index is 58.6. The number of hydrogen-bond acceptors (Lipinski definition) is 1. The Morgan fingerprint density at radius 3 is 2.33 bits per heavy atom. The van der Waals surface area contributed by atoms with Gasteiger partial charge in [-0.15, -0.1) is 0 Å². The molecule has 36 valence electrons. The molecule has 0 aromatic rings. The van der Waals surface area contributed by atoms with Crippen LogP contribution in [0.3, 0.4) is 0 Å². The summed E-state index contributed by atoms with van der Waals surface area (Å²) in [5.74, 6) is 2.15. The molecule has 0 unspecified atom stereocenters. The molecule has 0 amide bonds. The van der Waals surface area contributed by atoms with E-state index in [-0.39, 0.29) is 0 Å². The molecule has 0 N–H and O–H groups in total. The molecule has 0 aliphatic rings. The summed E-state index contributed by atoms with van der Waals surface area (Å²) in [5.41, 5.74) is 0. The molecule has 0 radical (unpaired) electrons. The number of thiol groups is 1. The number of allylic oxidation sites excluding steroid dienone is 1. The first-order valence-electron chi connectivity index (χ1n) is 1.70. The van der Waals surface area contributed by atoms with Gasteiger partial charge >= 0.3 is 50.2 Å². The SMILES string of the molecule is C/C=C(\S)[Se]C. The second kappa shape index (κ2) is 3.79. The van der Waals surface area contributed by atoms with Gasteiger partial charge in [-0.1, -0.05) is 0 Å². The monoisotopic (exact) mass is 168 g/mol. The zero-order valence-corrected chi connectivity index (χ0v) is 6.54. The maximum atomic E-state index is 4.12. The molecule has 0 bridgehead atoms.